The first-order valence-electron chi connectivity index (χ1n) is 3.83. The van der Waals surface area contributed by atoms with Gasteiger partial charge in [0.05, 0.1) is 0 Å². The number of hydrogen-bond acceptors (Lipinski definition) is 3. The van der Waals surface area contributed by atoms with Gasteiger partial charge in [0, 0.05) is 18.2 Å². The quantitative estimate of drug-likeness (QED) is 0.688. The third kappa shape index (κ3) is 2.43. The van der Waals surface area contributed by atoms with Gasteiger partial charge in [-0.1, -0.05) is 0 Å². The molecule has 0 aliphatic rings. The van der Waals surface area contributed by atoms with Gasteiger partial charge in [0.1, 0.15) is 0 Å². The first-order chi connectivity index (χ1) is 6.15. The highest BCUT2D eigenvalue weighted by atomic mass is 19.1. The van der Waals surface area contributed by atoms with E-state index in [-0.39, 0.29) is 18.6 Å². The maximum atomic E-state index is 12.9. The van der Waals surface area contributed by atoms with Crippen molar-refractivity contribution in [2.24, 2.45) is 5.73 Å². The zero-order valence-corrected chi connectivity index (χ0v) is 6.87. The number of nitrogens with zero attached hydrogens (tertiary/aromatic N) is 1. The first-order valence-corrected chi connectivity index (χ1v) is 3.83. The Morgan fingerprint density at radius 2 is 2.15 bits per heavy atom. The fourth-order valence-electron chi connectivity index (χ4n) is 0.994. The monoisotopic (exact) mass is 188 g/mol. The standard InChI is InChI=1S/C8H10F2N2O/c9-7-2-1-5(8(10)12-7)6(11)3-4-13/h1-2,6,13H,3-4,11H2. The van der Waals surface area contributed by atoms with Gasteiger partial charge in [-0.25, -0.2) is 0 Å². The highest BCUT2D eigenvalue weighted by molar-refractivity contribution is 5.15. The summed E-state index contributed by atoms with van der Waals surface area (Å²) in [6.45, 7) is -0.141. The number of pyridine rings is 1. The van der Waals surface area contributed by atoms with E-state index in [1.165, 1.54) is 6.07 Å². The van der Waals surface area contributed by atoms with Crippen LogP contribution in [0.3, 0.4) is 0 Å². The molecule has 1 heterocycles. The molecular weight excluding hydrogens is 178 g/mol. The van der Waals surface area contributed by atoms with E-state index in [0.717, 1.165) is 6.07 Å². The van der Waals surface area contributed by atoms with Gasteiger partial charge in [-0.15, -0.1) is 0 Å². The molecule has 0 aromatic carbocycles. The maximum Gasteiger partial charge on any atom is 0.220 e. The largest absolute Gasteiger partial charge is 0.396 e. The number of halogens is 2. The molecule has 3 N–H and O–H groups in total. The van der Waals surface area contributed by atoms with Crippen LogP contribution in [0.25, 0.3) is 0 Å². The summed E-state index contributed by atoms with van der Waals surface area (Å²) < 4.78 is 25.3. The molecule has 13 heavy (non-hydrogen) atoms. The highest BCUT2D eigenvalue weighted by Crippen LogP contribution is 2.15. The average Bonchev–Trinajstić information content (AvgIpc) is 2.04. The van der Waals surface area contributed by atoms with Crippen LogP contribution in [0.4, 0.5) is 8.78 Å². The molecule has 1 unspecified atom stereocenters. The van der Waals surface area contributed by atoms with Gasteiger partial charge in [0.2, 0.25) is 11.9 Å². The van der Waals surface area contributed by atoms with Gasteiger partial charge < -0.3 is 10.8 Å². The number of nitrogens with two attached hydrogens (primary N) is 1. The van der Waals surface area contributed by atoms with Crippen LogP contribution in [-0.2, 0) is 0 Å². The second kappa shape index (κ2) is 4.25. The van der Waals surface area contributed by atoms with Crippen molar-refractivity contribution < 1.29 is 13.9 Å². The summed E-state index contributed by atoms with van der Waals surface area (Å²) in [6, 6.07) is 1.63. The van der Waals surface area contributed by atoms with E-state index in [2.05, 4.69) is 4.98 Å². The first kappa shape index (κ1) is 10.0. The molecule has 0 radical (unpaired) electrons. The number of aliphatic hydroxyl groups excluding tert-OH is 1. The molecule has 1 aromatic rings. The second-order valence-electron chi connectivity index (χ2n) is 2.63. The van der Waals surface area contributed by atoms with Gasteiger partial charge in [0.25, 0.3) is 0 Å². The van der Waals surface area contributed by atoms with Crippen molar-refractivity contribution in [2.75, 3.05) is 6.61 Å². The molecule has 1 rings (SSSR count). The molecule has 0 aliphatic carbocycles. The summed E-state index contributed by atoms with van der Waals surface area (Å²) in [4.78, 5) is 2.98. The minimum absolute atomic E-state index is 0.121. The predicted molar refractivity (Wildman–Crippen MR) is 42.8 cm³/mol. The number of hydrogen-bond donors (Lipinski definition) is 2. The van der Waals surface area contributed by atoms with E-state index in [9.17, 15) is 8.78 Å². The molecule has 0 saturated heterocycles. The Labute approximate surface area is 74.2 Å². The van der Waals surface area contributed by atoms with E-state index < -0.39 is 17.9 Å². The molecule has 3 nitrogen and oxygen atoms in total. The van der Waals surface area contributed by atoms with Crippen molar-refractivity contribution in [3.05, 3.63) is 29.6 Å². The van der Waals surface area contributed by atoms with E-state index >= 15 is 0 Å². The molecule has 1 atom stereocenters. The third-order valence-corrected chi connectivity index (χ3v) is 1.68. The van der Waals surface area contributed by atoms with Crippen LogP contribution in [0.1, 0.15) is 18.0 Å². The minimum atomic E-state index is -0.916. The van der Waals surface area contributed by atoms with E-state index in [1.54, 1.807) is 0 Å². The average molecular weight is 188 g/mol. The lowest BCUT2D eigenvalue weighted by Crippen LogP contribution is -2.14. The molecule has 0 saturated carbocycles. The van der Waals surface area contributed by atoms with Crippen LogP contribution in [0.2, 0.25) is 0 Å². The fraction of sp³-hybridized carbons (Fsp3) is 0.375. The van der Waals surface area contributed by atoms with Gasteiger partial charge >= 0.3 is 0 Å². The Hall–Kier alpha value is -1.07. The lowest BCUT2D eigenvalue weighted by molar-refractivity contribution is 0.275. The molecule has 0 spiro atoms. The Kier molecular flexibility index (Phi) is 3.27. The molecule has 72 valence electrons. The van der Waals surface area contributed by atoms with Crippen molar-refractivity contribution in [2.45, 2.75) is 12.5 Å². The summed E-state index contributed by atoms with van der Waals surface area (Å²) in [6.07, 6.45) is 0.226. The Balaban J connectivity index is 2.88. The molecule has 0 bridgehead atoms. The number of aromatic nitrogens is 1. The summed E-state index contributed by atoms with van der Waals surface area (Å²) in [5, 5.41) is 8.55. The summed E-state index contributed by atoms with van der Waals surface area (Å²) in [5.74, 6) is -1.79. The Morgan fingerprint density at radius 1 is 1.46 bits per heavy atom. The van der Waals surface area contributed by atoms with Crippen LogP contribution in [0.15, 0.2) is 12.1 Å². The zero-order chi connectivity index (χ0) is 9.84. The van der Waals surface area contributed by atoms with Crippen molar-refractivity contribution in [3.63, 3.8) is 0 Å². The molecule has 0 amide bonds. The third-order valence-electron chi connectivity index (χ3n) is 1.68. The molecule has 5 heteroatoms. The van der Waals surface area contributed by atoms with Gasteiger partial charge in [-0.2, -0.15) is 13.8 Å². The van der Waals surface area contributed by atoms with Crippen molar-refractivity contribution >= 4 is 0 Å². The summed E-state index contributed by atoms with van der Waals surface area (Å²) >= 11 is 0. The zero-order valence-electron chi connectivity index (χ0n) is 6.87. The van der Waals surface area contributed by atoms with Gasteiger partial charge in [0.15, 0.2) is 0 Å². The summed E-state index contributed by atoms with van der Waals surface area (Å²) in [7, 11) is 0. The Bertz CT molecular complexity index is 293. The summed E-state index contributed by atoms with van der Waals surface area (Å²) in [5.41, 5.74) is 5.61. The predicted octanol–water partition coefficient (Wildman–Crippen LogP) is 0.742. The highest BCUT2D eigenvalue weighted by Gasteiger charge is 2.12. The van der Waals surface area contributed by atoms with E-state index in [1.807, 2.05) is 0 Å². The van der Waals surface area contributed by atoms with Crippen molar-refractivity contribution in [1.29, 1.82) is 0 Å². The van der Waals surface area contributed by atoms with E-state index in [0.29, 0.717) is 0 Å². The SMILES string of the molecule is NC(CCO)c1ccc(F)nc1F. The topological polar surface area (TPSA) is 59.1 Å². The lowest BCUT2D eigenvalue weighted by Gasteiger charge is -2.09. The maximum absolute atomic E-state index is 12.9. The van der Waals surface area contributed by atoms with Crippen molar-refractivity contribution in [3.8, 4) is 0 Å². The van der Waals surface area contributed by atoms with Gasteiger partial charge in [-0.3, -0.25) is 0 Å². The second-order valence-corrected chi connectivity index (χ2v) is 2.63. The molecular formula is C8H10F2N2O. The van der Waals surface area contributed by atoms with Crippen LogP contribution >= 0.6 is 0 Å². The van der Waals surface area contributed by atoms with Crippen molar-refractivity contribution in [1.82, 2.24) is 4.98 Å². The fourth-order valence-corrected chi connectivity index (χ4v) is 0.994. The molecule has 1 aromatic heterocycles. The lowest BCUT2D eigenvalue weighted by atomic mass is 10.1. The normalized spacial score (nSPS) is 12.9. The number of aliphatic hydroxyl groups is 1. The molecule has 0 fully saturated rings. The van der Waals surface area contributed by atoms with Crippen LogP contribution in [-0.4, -0.2) is 16.7 Å². The number of rotatable bonds is 3. The smallest absolute Gasteiger partial charge is 0.220 e. The van der Waals surface area contributed by atoms with Crippen LogP contribution in [0.5, 0.6) is 0 Å². The van der Waals surface area contributed by atoms with Crippen LogP contribution < -0.4 is 5.73 Å². The Morgan fingerprint density at radius 3 is 2.69 bits per heavy atom. The molecule has 0 aliphatic heterocycles. The van der Waals surface area contributed by atoms with Gasteiger partial charge in [-0.05, 0) is 18.6 Å². The van der Waals surface area contributed by atoms with E-state index in [4.69, 9.17) is 10.8 Å². The van der Waals surface area contributed by atoms with Crippen LogP contribution in [0, 0.1) is 11.9 Å². The minimum Gasteiger partial charge on any atom is -0.396 e.